The Morgan fingerprint density at radius 1 is 1.10 bits per heavy atom. The molecular formula is C23H26N2O5. The molecule has 2 aromatic rings. The number of carbonyl (C=O) groups excluding carboxylic acids is 2. The van der Waals surface area contributed by atoms with Crippen LogP contribution in [0.4, 0.5) is 0 Å². The van der Waals surface area contributed by atoms with Crippen LogP contribution in [0.25, 0.3) is 0 Å². The van der Waals surface area contributed by atoms with Gasteiger partial charge in [-0.15, -0.1) is 0 Å². The van der Waals surface area contributed by atoms with E-state index in [0.29, 0.717) is 17.9 Å². The molecule has 2 amide bonds. The van der Waals surface area contributed by atoms with E-state index in [-0.39, 0.29) is 30.5 Å². The molecule has 4 rings (SSSR count). The maximum absolute atomic E-state index is 13.7. The number of aliphatic hydroxyl groups is 1. The number of ether oxygens (including phenoxy) is 1. The van der Waals surface area contributed by atoms with Crippen LogP contribution in [0.5, 0.6) is 5.75 Å². The third-order valence-corrected chi connectivity index (χ3v) is 6.18. The zero-order chi connectivity index (χ0) is 21.1. The molecule has 0 spiro atoms. The number of nitrogens with zero attached hydrogens (tertiary/aromatic N) is 1. The molecule has 30 heavy (non-hydrogen) atoms. The minimum atomic E-state index is -1.57. The second kappa shape index (κ2) is 8.45. The van der Waals surface area contributed by atoms with Crippen molar-refractivity contribution in [1.29, 1.82) is 0 Å². The summed E-state index contributed by atoms with van der Waals surface area (Å²) in [6.45, 7) is 0.854. The van der Waals surface area contributed by atoms with E-state index in [9.17, 15) is 14.7 Å². The Bertz CT molecular complexity index is 926. The number of hydroxylamine groups is 1. The summed E-state index contributed by atoms with van der Waals surface area (Å²) < 4.78 is 5.77. The fourth-order valence-electron chi connectivity index (χ4n) is 4.56. The third-order valence-electron chi connectivity index (χ3n) is 6.18. The Labute approximate surface area is 175 Å². The molecule has 0 aromatic heterocycles. The minimum absolute atomic E-state index is 0.119. The number of nitrogens with one attached hydrogen (secondary N) is 1. The first kappa shape index (κ1) is 20.4. The normalized spacial score (nSPS) is 18.7. The second-order valence-electron chi connectivity index (χ2n) is 7.95. The Kier molecular flexibility index (Phi) is 5.74. The molecule has 1 unspecified atom stereocenters. The van der Waals surface area contributed by atoms with Gasteiger partial charge in [0.25, 0.3) is 11.8 Å². The van der Waals surface area contributed by atoms with E-state index < -0.39 is 11.5 Å². The maximum atomic E-state index is 13.7. The van der Waals surface area contributed by atoms with Gasteiger partial charge in [0.15, 0.2) is 5.60 Å². The van der Waals surface area contributed by atoms with E-state index in [1.165, 1.54) is 0 Å². The third kappa shape index (κ3) is 3.66. The quantitative estimate of drug-likeness (QED) is 0.532. The zero-order valence-corrected chi connectivity index (χ0v) is 16.7. The van der Waals surface area contributed by atoms with Gasteiger partial charge in [-0.25, -0.2) is 5.48 Å². The van der Waals surface area contributed by atoms with E-state index in [1.54, 1.807) is 28.6 Å². The summed E-state index contributed by atoms with van der Waals surface area (Å²) in [7, 11) is 0. The second-order valence-corrected chi connectivity index (χ2v) is 7.95. The van der Waals surface area contributed by atoms with Crippen LogP contribution in [0, 0.1) is 5.92 Å². The van der Waals surface area contributed by atoms with Crippen molar-refractivity contribution < 1.29 is 24.6 Å². The van der Waals surface area contributed by atoms with Crippen LogP contribution in [0.2, 0.25) is 0 Å². The number of carbonyl (C=O) groups is 2. The number of benzene rings is 2. The molecule has 7 nitrogen and oxygen atoms in total. The molecular weight excluding hydrogens is 384 g/mol. The highest BCUT2D eigenvalue weighted by atomic mass is 16.5. The Balaban J connectivity index is 1.65. The molecule has 2 aliphatic rings. The fraction of sp³-hybridized carbons (Fsp3) is 0.391. The number of hydrogen-bond donors (Lipinski definition) is 3. The number of fused-ring (bicyclic) bond motifs is 1. The standard InChI is InChI=1S/C23H26N2O5/c26-21(24-29)16-10-11-17-15-25(12-13-30-20(17)14-16)22(27)23(28,19-8-4-5-9-19)18-6-2-1-3-7-18/h1-3,6-7,10-11,14,19,28-29H,4-5,8-9,12-13,15H2,(H,24,26). The molecule has 7 heteroatoms. The first-order chi connectivity index (χ1) is 14.5. The summed E-state index contributed by atoms with van der Waals surface area (Å²) in [5.74, 6) is -0.560. The van der Waals surface area contributed by atoms with Gasteiger partial charge >= 0.3 is 0 Å². The van der Waals surface area contributed by atoms with Crippen molar-refractivity contribution in [2.45, 2.75) is 37.8 Å². The summed E-state index contributed by atoms with van der Waals surface area (Å²) in [6, 6.07) is 14.0. The lowest BCUT2D eigenvalue weighted by molar-refractivity contribution is -0.160. The van der Waals surface area contributed by atoms with Crippen LogP contribution in [-0.4, -0.2) is 40.2 Å². The van der Waals surface area contributed by atoms with Crippen LogP contribution in [0.15, 0.2) is 48.5 Å². The first-order valence-electron chi connectivity index (χ1n) is 10.3. The molecule has 1 atom stereocenters. The lowest BCUT2D eigenvalue weighted by Gasteiger charge is -2.37. The van der Waals surface area contributed by atoms with Crippen LogP contribution < -0.4 is 10.2 Å². The van der Waals surface area contributed by atoms with Gasteiger partial charge in [0.2, 0.25) is 0 Å². The van der Waals surface area contributed by atoms with Gasteiger partial charge in [-0.3, -0.25) is 14.8 Å². The average Bonchev–Trinajstić information content (AvgIpc) is 3.25. The van der Waals surface area contributed by atoms with Crippen LogP contribution in [0.1, 0.15) is 47.2 Å². The molecule has 1 heterocycles. The van der Waals surface area contributed by atoms with Crippen molar-refractivity contribution in [2.75, 3.05) is 13.2 Å². The Morgan fingerprint density at radius 3 is 2.53 bits per heavy atom. The molecule has 1 aliphatic heterocycles. The highest BCUT2D eigenvalue weighted by molar-refractivity contribution is 5.94. The van der Waals surface area contributed by atoms with Gasteiger partial charge in [-0.05, 0) is 30.5 Å². The Morgan fingerprint density at radius 2 is 1.83 bits per heavy atom. The van der Waals surface area contributed by atoms with Crippen LogP contribution in [-0.2, 0) is 16.9 Å². The van der Waals surface area contributed by atoms with Gasteiger partial charge < -0.3 is 14.7 Å². The zero-order valence-electron chi connectivity index (χ0n) is 16.7. The van der Waals surface area contributed by atoms with Crippen LogP contribution >= 0.6 is 0 Å². The number of hydrogen-bond acceptors (Lipinski definition) is 5. The summed E-state index contributed by atoms with van der Waals surface area (Å²) >= 11 is 0. The lowest BCUT2D eigenvalue weighted by atomic mass is 9.79. The molecule has 0 saturated heterocycles. The number of amides is 2. The first-order valence-corrected chi connectivity index (χ1v) is 10.3. The highest BCUT2D eigenvalue weighted by Crippen LogP contribution is 2.42. The number of rotatable bonds is 4. The van der Waals surface area contributed by atoms with Crippen molar-refractivity contribution >= 4 is 11.8 Å². The van der Waals surface area contributed by atoms with Crippen molar-refractivity contribution in [2.24, 2.45) is 5.92 Å². The van der Waals surface area contributed by atoms with Gasteiger partial charge in [0.05, 0.1) is 6.54 Å². The smallest absolute Gasteiger partial charge is 0.274 e. The molecule has 1 aliphatic carbocycles. The predicted molar refractivity (Wildman–Crippen MR) is 109 cm³/mol. The fourth-order valence-corrected chi connectivity index (χ4v) is 4.56. The molecule has 0 radical (unpaired) electrons. The van der Waals surface area contributed by atoms with Crippen LogP contribution in [0.3, 0.4) is 0 Å². The van der Waals surface area contributed by atoms with E-state index in [2.05, 4.69) is 0 Å². The summed E-state index contributed by atoms with van der Waals surface area (Å²) in [6.07, 6.45) is 3.65. The molecule has 2 aromatic carbocycles. The van der Waals surface area contributed by atoms with Gasteiger partial charge in [-0.2, -0.15) is 0 Å². The Hall–Kier alpha value is -2.90. The van der Waals surface area contributed by atoms with E-state index in [0.717, 1.165) is 31.2 Å². The monoisotopic (exact) mass is 410 g/mol. The van der Waals surface area contributed by atoms with E-state index >= 15 is 0 Å². The van der Waals surface area contributed by atoms with Gasteiger partial charge in [-0.1, -0.05) is 49.2 Å². The summed E-state index contributed by atoms with van der Waals surface area (Å²) in [5.41, 5.74) is 1.68. The molecule has 1 fully saturated rings. The van der Waals surface area contributed by atoms with Crippen molar-refractivity contribution in [1.82, 2.24) is 10.4 Å². The average molecular weight is 410 g/mol. The van der Waals surface area contributed by atoms with Crippen molar-refractivity contribution in [3.63, 3.8) is 0 Å². The summed E-state index contributed by atoms with van der Waals surface area (Å²) in [4.78, 5) is 27.0. The maximum Gasteiger partial charge on any atom is 0.274 e. The molecule has 0 bridgehead atoms. The molecule has 1 saturated carbocycles. The van der Waals surface area contributed by atoms with Crippen molar-refractivity contribution in [3.05, 3.63) is 65.2 Å². The van der Waals surface area contributed by atoms with Gasteiger partial charge in [0.1, 0.15) is 12.4 Å². The largest absolute Gasteiger partial charge is 0.491 e. The topological polar surface area (TPSA) is 99.1 Å². The lowest BCUT2D eigenvalue weighted by Crippen LogP contribution is -2.51. The summed E-state index contributed by atoms with van der Waals surface area (Å²) in [5, 5.41) is 20.6. The van der Waals surface area contributed by atoms with E-state index in [4.69, 9.17) is 9.94 Å². The van der Waals surface area contributed by atoms with Crippen molar-refractivity contribution in [3.8, 4) is 5.75 Å². The van der Waals surface area contributed by atoms with E-state index in [1.807, 2.05) is 30.3 Å². The SMILES string of the molecule is O=C(NO)c1ccc2c(c1)OCCN(C(=O)C(O)(c1ccccc1)C1CCCC1)C2. The van der Waals surface area contributed by atoms with Gasteiger partial charge in [0, 0.05) is 23.6 Å². The highest BCUT2D eigenvalue weighted by Gasteiger charge is 2.48. The minimum Gasteiger partial charge on any atom is -0.491 e. The molecule has 3 N–H and O–H groups in total. The molecule has 158 valence electrons. The predicted octanol–water partition coefficient (Wildman–Crippen LogP) is 2.60.